The highest BCUT2D eigenvalue weighted by Gasteiger charge is 2.48. The van der Waals surface area contributed by atoms with Gasteiger partial charge in [-0.05, 0) is 24.3 Å². The lowest BCUT2D eigenvalue weighted by molar-refractivity contribution is -0.292. The fourth-order valence-corrected chi connectivity index (χ4v) is 2.75. The van der Waals surface area contributed by atoms with Gasteiger partial charge in [-0.2, -0.15) is 0 Å². The molecule has 1 saturated heterocycles. The molecule has 1 fully saturated rings. The molecule has 5 unspecified atom stereocenters. The molecule has 130 valence electrons. The quantitative estimate of drug-likeness (QED) is 0.750. The van der Waals surface area contributed by atoms with E-state index in [4.69, 9.17) is 34.2 Å². The molecule has 0 saturated carbocycles. The molecule has 2 rings (SSSR count). The number of rotatable bonds is 7. The van der Waals surface area contributed by atoms with Crippen LogP contribution in [0.2, 0.25) is 0 Å². The third-order valence-electron chi connectivity index (χ3n) is 3.87. The van der Waals surface area contributed by atoms with Crippen LogP contribution in [0.3, 0.4) is 0 Å². The Balaban J connectivity index is 2.19. The van der Waals surface area contributed by atoms with Crippen LogP contribution in [0.1, 0.15) is 0 Å². The van der Waals surface area contributed by atoms with Crippen molar-refractivity contribution in [2.45, 2.75) is 30.7 Å². The minimum absolute atomic E-state index is 0.323. The maximum Gasteiger partial charge on any atom is 0.229 e. The van der Waals surface area contributed by atoms with Gasteiger partial charge in [0, 0.05) is 34.1 Å². The third kappa shape index (κ3) is 4.13. The highest BCUT2D eigenvalue weighted by atomic mass is 16.7. The van der Waals surface area contributed by atoms with Crippen LogP contribution < -0.4 is 10.5 Å². The Morgan fingerprint density at radius 2 is 1.52 bits per heavy atom. The van der Waals surface area contributed by atoms with Crippen LogP contribution in [-0.4, -0.2) is 65.8 Å². The second-order valence-electron chi connectivity index (χ2n) is 5.29. The summed E-state index contributed by atoms with van der Waals surface area (Å²) in [5, 5.41) is 0. The smallest absolute Gasteiger partial charge is 0.229 e. The molecule has 0 radical (unpaired) electrons. The van der Waals surface area contributed by atoms with Gasteiger partial charge < -0.3 is 34.2 Å². The first-order valence-corrected chi connectivity index (χ1v) is 7.39. The molecule has 0 aliphatic carbocycles. The summed E-state index contributed by atoms with van der Waals surface area (Å²) in [6, 6.07) is 7.08. The van der Waals surface area contributed by atoms with Crippen LogP contribution >= 0.6 is 0 Å². The topological polar surface area (TPSA) is 81.4 Å². The van der Waals surface area contributed by atoms with Crippen molar-refractivity contribution in [3.05, 3.63) is 24.3 Å². The largest absolute Gasteiger partial charge is 0.462 e. The Morgan fingerprint density at radius 3 is 2.04 bits per heavy atom. The SMILES string of the molecule is COCC1OC(Oc2ccc(N)cc2)C(OC)C(OC)C1OC. The van der Waals surface area contributed by atoms with E-state index in [2.05, 4.69) is 0 Å². The van der Waals surface area contributed by atoms with Gasteiger partial charge in [0.2, 0.25) is 6.29 Å². The molecule has 0 amide bonds. The zero-order valence-electron chi connectivity index (χ0n) is 13.9. The lowest BCUT2D eigenvalue weighted by Crippen LogP contribution is -2.62. The van der Waals surface area contributed by atoms with Crippen LogP contribution in [0.4, 0.5) is 5.69 Å². The first-order valence-electron chi connectivity index (χ1n) is 7.39. The monoisotopic (exact) mass is 327 g/mol. The van der Waals surface area contributed by atoms with E-state index in [-0.39, 0.29) is 18.3 Å². The molecule has 1 aromatic rings. The number of benzene rings is 1. The molecular weight excluding hydrogens is 302 g/mol. The Labute approximate surface area is 136 Å². The summed E-state index contributed by atoms with van der Waals surface area (Å²) < 4.78 is 33.8. The van der Waals surface area contributed by atoms with Crippen LogP contribution in [0.15, 0.2) is 24.3 Å². The number of nitrogen functional groups attached to an aromatic ring is 1. The average Bonchev–Trinajstić information content (AvgIpc) is 2.56. The van der Waals surface area contributed by atoms with Crippen molar-refractivity contribution in [2.75, 3.05) is 40.8 Å². The van der Waals surface area contributed by atoms with E-state index in [1.807, 2.05) is 0 Å². The first-order chi connectivity index (χ1) is 11.1. The zero-order chi connectivity index (χ0) is 16.8. The molecule has 0 aromatic heterocycles. The van der Waals surface area contributed by atoms with Gasteiger partial charge in [-0.25, -0.2) is 0 Å². The lowest BCUT2D eigenvalue weighted by Gasteiger charge is -2.44. The number of hydrogen-bond acceptors (Lipinski definition) is 7. The van der Waals surface area contributed by atoms with E-state index in [0.717, 1.165) is 0 Å². The van der Waals surface area contributed by atoms with E-state index < -0.39 is 12.4 Å². The van der Waals surface area contributed by atoms with Crippen molar-refractivity contribution in [3.63, 3.8) is 0 Å². The molecule has 0 spiro atoms. The first kappa shape index (κ1) is 18.0. The van der Waals surface area contributed by atoms with Crippen LogP contribution in [-0.2, 0) is 23.7 Å². The lowest BCUT2D eigenvalue weighted by atomic mass is 9.98. The Kier molecular flexibility index (Phi) is 6.61. The number of anilines is 1. The van der Waals surface area contributed by atoms with Crippen molar-refractivity contribution >= 4 is 5.69 Å². The molecule has 1 aromatic carbocycles. The van der Waals surface area contributed by atoms with Crippen LogP contribution in [0, 0.1) is 0 Å². The molecule has 2 N–H and O–H groups in total. The summed E-state index contributed by atoms with van der Waals surface area (Å²) in [6.45, 7) is 0.358. The Morgan fingerprint density at radius 1 is 0.913 bits per heavy atom. The van der Waals surface area contributed by atoms with Gasteiger partial charge in [-0.3, -0.25) is 0 Å². The van der Waals surface area contributed by atoms with E-state index >= 15 is 0 Å². The molecule has 1 aliphatic rings. The molecule has 1 heterocycles. The predicted octanol–water partition coefficient (Wildman–Crippen LogP) is 1.06. The summed E-state index contributed by atoms with van der Waals surface area (Å²) in [7, 11) is 6.41. The Hall–Kier alpha value is -1.38. The minimum atomic E-state index is -0.653. The summed E-state index contributed by atoms with van der Waals surface area (Å²) in [6.07, 6.45) is -2.11. The van der Waals surface area contributed by atoms with Gasteiger partial charge in [-0.1, -0.05) is 0 Å². The molecule has 7 nitrogen and oxygen atoms in total. The summed E-state index contributed by atoms with van der Waals surface area (Å²) in [4.78, 5) is 0. The number of nitrogens with two attached hydrogens (primary N) is 1. The van der Waals surface area contributed by atoms with Crippen LogP contribution in [0.25, 0.3) is 0 Å². The number of methoxy groups -OCH3 is 4. The highest BCUT2D eigenvalue weighted by Crippen LogP contribution is 2.29. The second kappa shape index (κ2) is 8.47. The van der Waals surface area contributed by atoms with E-state index in [9.17, 15) is 0 Å². The number of ether oxygens (including phenoxy) is 6. The normalized spacial score (nSPS) is 31.0. The fourth-order valence-electron chi connectivity index (χ4n) is 2.75. The van der Waals surface area contributed by atoms with Crippen molar-refractivity contribution in [3.8, 4) is 5.75 Å². The maximum absolute atomic E-state index is 5.99. The molecule has 5 atom stereocenters. The highest BCUT2D eigenvalue weighted by molar-refractivity contribution is 5.41. The predicted molar refractivity (Wildman–Crippen MR) is 84.4 cm³/mol. The molecule has 23 heavy (non-hydrogen) atoms. The van der Waals surface area contributed by atoms with Gasteiger partial charge in [-0.15, -0.1) is 0 Å². The van der Waals surface area contributed by atoms with E-state index in [0.29, 0.717) is 18.0 Å². The van der Waals surface area contributed by atoms with Gasteiger partial charge in [0.1, 0.15) is 30.2 Å². The Bertz CT molecular complexity index is 468. The van der Waals surface area contributed by atoms with Gasteiger partial charge in [0.25, 0.3) is 0 Å². The fraction of sp³-hybridized carbons (Fsp3) is 0.625. The molecule has 1 aliphatic heterocycles. The number of hydrogen-bond donors (Lipinski definition) is 1. The summed E-state index contributed by atoms with van der Waals surface area (Å²) in [5.74, 6) is 0.633. The van der Waals surface area contributed by atoms with Crippen LogP contribution in [0.5, 0.6) is 5.75 Å². The molecular formula is C16H25NO6. The standard InChI is InChI=1S/C16H25NO6/c1-18-9-12-13(19-2)14(20-3)15(21-4)16(23-12)22-11-7-5-10(17)6-8-11/h5-8,12-16H,9,17H2,1-4H3. The second-order valence-corrected chi connectivity index (χ2v) is 5.29. The maximum atomic E-state index is 5.99. The summed E-state index contributed by atoms with van der Waals surface area (Å²) in [5.41, 5.74) is 6.35. The van der Waals surface area contributed by atoms with E-state index in [1.54, 1.807) is 52.7 Å². The van der Waals surface area contributed by atoms with Crippen molar-refractivity contribution in [2.24, 2.45) is 0 Å². The van der Waals surface area contributed by atoms with Gasteiger partial charge in [0.15, 0.2) is 0 Å². The third-order valence-corrected chi connectivity index (χ3v) is 3.87. The zero-order valence-corrected chi connectivity index (χ0v) is 13.9. The molecule has 7 heteroatoms. The average molecular weight is 327 g/mol. The minimum Gasteiger partial charge on any atom is -0.462 e. The van der Waals surface area contributed by atoms with E-state index in [1.165, 1.54) is 0 Å². The van der Waals surface area contributed by atoms with Crippen molar-refractivity contribution < 1.29 is 28.4 Å². The van der Waals surface area contributed by atoms with Crippen molar-refractivity contribution in [1.82, 2.24) is 0 Å². The molecule has 0 bridgehead atoms. The van der Waals surface area contributed by atoms with Crippen molar-refractivity contribution in [1.29, 1.82) is 0 Å². The van der Waals surface area contributed by atoms with Gasteiger partial charge >= 0.3 is 0 Å². The summed E-state index contributed by atoms with van der Waals surface area (Å²) >= 11 is 0. The van der Waals surface area contributed by atoms with Gasteiger partial charge in [0.05, 0.1) is 6.61 Å².